The van der Waals surface area contributed by atoms with Gasteiger partial charge < -0.3 is 22.2 Å². The number of benzene rings is 1. The van der Waals surface area contributed by atoms with Crippen molar-refractivity contribution in [1.29, 1.82) is 0 Å². The molecule has 0 aliphatic heterocycles. The maximum absolute atomic E-state index is 12.8. The molecule has 0 bridgehead atoms. The van der Waals surface area contributed by atoms with Crippen molar-refractivity contribution in [3.05, 3.63) is 54.7 Å². The molecular weight excluding hydrogens is 580 g/mol. The Bertz CT molecular complexity index is 794. The van der Waals surface area contributed by atoms with E-state index in [1.165, 1.54) is 7.11 Å². The van der Waals surface area contributed by atoms with Crippen LogP contribution in [0.5, 0.6) is 0 Å². The van der Waals surface area contributed by atoms with E-state index in [2.05, 4.69) is 29.8 Å². The normalized spacial score (nSPS) is 18.8. The first-order chi connectivity index (χ1) is 14.8. The topological polar surface area (TPSA) is 47.6 Å². The van der Waals surface area contributed by atoms with Crippen molar-refractivity contribution >= 4 is 5.91 Å². The van der Waals surface area contributed by atoms with Crippen LogP contribution in [-0.4, -0.2) is 37.7 Å². The second kappa shape index (κ2) is 17.3. The van der Waals surface area contributed by atoms with Gasteiger partial charge in [0.2, 0.25) is 5.91 Å². The summed E-state index contributed by atoms with van der Waals surface area (Å²) in [6.07, 6.45) is -0.419. The molecule has 0 heterocycles. The Balaban J connectivity index is 0. The summed E-state index contributed by atoms with van der Waals surface area (Å²) in [5, 5.41) is 3.07. The third kappa shape index (κ3) is 10.8. The van der Waals surface area contributed by atoms with E-state index in [4.69, 9.17) is 9.47 Å². The predicted octanol–water partition coefficient (Wildman–Crippen LogP) is 5.43. The molecule has 1 N–H and O–H groups in total. The summed E-state index contributed by atoms with van der Waals surface area (Å²) < 4.78 is 35.4. The number of ether oxygens (including phenoxy) is 2. The standard InChI is InChI=1S/C23H28F2NO3.C2H6.CH3.Er/c1-5-6-18-7-8-19(16(2)13-18)14-22(27)26-23(17(3)28-4)11-9-20(10-12-23)29-15-21(24)25;1-2;;/h7,13,20-21H,3,9-12,14-15H2,1-2,4H3,(H,26,27);1-2H3;1H3;/q-1;;-1;. The number of alkyl halides is 2. The number of carbonyl (C=O) groups is 1. The summed E-state index contributed by atoms with van der Waals surface area (Å²) in [7, 11) is 1.51. The first kappa shape index (κ1) is 34.0. The van der Waals surface area contributed by atoms with Crippen molar-refractivity contribution in [2.45, 2.75) is 77.9 Å². The van der Waals surface area contributed by atoms with Crippen LogP contribution in [0.3, 0.4) is 0 Å². The van der Waals surface area contributed by atoms with Gasteiger partial charge >= 0.3 is 0 Å². The number of carbonyl (C=O) groups excluding carboxylic acids is 1. The van der Waals surface area contributed by atoms with Crippen LogP contribution >= 0.6 is 0 Å². The largest absolute Gasteiger partial charge is 0.499 e. The number of amides is 1. The second-order valence-corrected chi connectivity index (χ2v) is 7.28. The van der Waals surface area contributed by atoms with E-state index in [-0.39, 0.29) is 63.2 Å². The van der Waals surface area contributed by atoms with Crippen LogP contribution in [0.25, 0.3) is 0 Å². The van der Waals surface area contributed by atoms with Crippen LogP contribution in [0.2, 0.25) is 0 Å². The molecule has 0 radical (unpaired) electrons. The SMILES string of the molecule is C=C(OC)C1(NC(=O)Cc2[c-]cc(C#CC)cc2C)CCC(OCC(F)F)CC1.CC.[CH3-].[Er]. The van der Waals surface area contributed by atoms with Crippen molar-refractivity contribution in [2.24, 2.45) is 0 Å². The van der Waals surface area contributed by atoms with Gasteiger partial charge in [-0.15, -0.1) is 17.4 Å². The molecule has 2 rings (SSSR count). The number of methoxy groups -OCH3 is 1. The minimum Gasteiger partial charge on any atom is -0.499 e. The van der Waals surface area contributed by atoms with Gasteiger partial charge in [0.15, 0.2) is 0 Å². The van der Waals surface area contributed by atoms with Gasteiger partial charge in [0.05, 0.1) is 18.8 Å². The van der Waals surface area contributed by atoms with Crippen LogP contribution < -0.4 is 5.32 Å². The molecule has 1 aromatic rings. The van der Waals surface area contributed by atoms with Crippen LogP contribution in [0, 0.1) is 69.6 Å². The number of rotatable bonds is 8. The third-order valence-corrected chi connectivity index (χ3v) is 5.26. The first-order valence-corrected chi connectivity index (χ1v) is 10.7. The number of aryl methyl sites for hydroxylation is 1. The van der Waals surface area contributed by atoms with E-state index in [1.807, 2.05) is 26.8 Å². The van der Waals surface area contributed by atoms with Crippen LogP contribution in [0.15, 0.2) is 24.5 Å². The van der Waals surface area contributed by atoms with Gasteiger partial charge in [0.1, 0.15) is 12.4 Å². The zero-order valence-corrected chi connectivity index (χ0v) is 22.4. The number of nitrogens with one attached hydrogen (secondary N) is 1. The van der Waals surface area contributed by atoms with Crippen molar-refractivity contribution in [1.82, 2.24) is 5.32 Å². The average Bonchev–Trinajstić information content (AvgIpc) is 2.76. The fourth-order valence-corrected chi connectivity index (χ4v) is 3.65. The first-order valence-electron chi connectivity index (χ1n) is 10.7. The molecule has 1 fully saturated rings. The van der Waals surface area contributed by atoms with Gasteiger partial charge in [0, 0.05) is 43.7 Å². The van der Waals surface area contributed by atoms with E-state index in [0.29, 0.717) is 31.4 Å². The van der Waals surface area contributed by atoms with Gasteiger partial charge in [-0.05, 0) is 32.6 Å². The predicted molar refractivity (Wildman–Crippen MR) is 125 cm³/mol. The van der Waals surface area contributed by atoms with Gasteiger partial charge in [-0.1, -0.05) is 32.9 Å². The molecule has 192 valence electrons. The Kier molecular flexibility index (Phi) is 17.9. The minimum atomic E-state index is -2.48. The van der Waals surface area contributed by atoms with Crippen molar-refractivity contribution in [2.75, 3.05) is 13.7 Å². The molecule has 0 atom stereocenters. The zero-order valence-electron chi connectivity index (χ0n) is 20.5. The van der Waals surface area contributed by atoms with Crippen molar-refractivity contribution in [3.63, 3.8) is 0 Å². The molecule has 0 saturated heterocycles. The number of halogens is 2. The van der Waals surface area contributed by atoms with E-state index in [1.54, 1.807) is 13.0 Å². The van der Waals surface area contributed by atoms with Gasteiger partial charge in [0.25, 0.3) is 6.43 Å². The summed E-state index contributed by atoms with van der Waals surface area (Å²) in [5.74, 6) is 6.12. The molecule has 1 aromatic carbocycles. The van der Waals surface area contributed by atoms with E-state index >= 15 is 0 Å². The molecule has 1 aliphatic carbocycles. The van der Waals surface area contributed by atoms with Crippen LogP contribution in [0.1, 0.15) is 63.1 Å². The summed E-state index contributed by atoms with van der Waals surface area (Å²) in [5.41, 5.74) is 1.89. The van der Waals surface area contributed by atoms with Gasteiger partial charge in [-0.2, -0.15) is 23.8 Å². The van der Waals surface area contributed by atoms with Crippen LogP contribution in [-0.2, 0) is 20.7 Å². The summed E-state index contributed by atoms with van der Waals surface area (Å²) in [4.78, 5) is 12.8. The number of hydrogen-bond donors (Lipinski definition) is 1. The van der Waals surface area contributed by atoms with E-state index in [9.17, 15) is 13.6 Å². The third-order valence-electron chi connectivity index (χ3n) is 5.26. The molecular formula is C26H37ErF2NO3-2. The Hall–Kier alpha value is -1.14. The zero-order chi connectivity index (χ0) is 23.4. The average molecular weight is 617 g/mol. The molecule has 1 amide bonds. The summed E-state index contributed by atoms with van der Waals surface area (Å²) in [6.45, 7) is 11.1. The van der Waals surface area contributed by atoms with Crippen molar-refractivity contribution < 1.29 is 60.4 Å². The molecule has 7 heteroatoms. The van der Waals surface area contributed by atoms with Crippen molar-refractivity contribution in [3.8, 4) is 11.8 Å². The fourth-order valence-electron chi connectivity index (χ4n) is 3.65. The van der Waals surface area contributed by atoms with Gasteiger partial charge in [-0.25, -0.2) is 8.78 Å². The van der Waals surface area contributed by atoms with E-state index < -0.39 is 18.6 Å². The maximum atomic E-state index is 12.8. The van der Waals surface area contributed by atoms with E-state index in [0.717, 1.165) is 16.7 Å². The quantitative estimate of drug-likeness (QED) is 0.241. The molecule has 0 aromatic heterocycles. The molecule has 33 heavy (non-hydrogen) atoms. The minimum absolute atomic E-state index is 0. The number of hydrogen-bond acceptors (Lipinski definition) is 3. The smallest absolute Gasteiger partial charge is 0.261 e. The van der Waals surface area contributed by atoms with Crippen LogP contribution in [0.4, 0.5) is 8.78 Å². The summed E-state index contributed by atoms with van der Waals surface area (Å²) in [6, 6.07) is 6.86. The molecule has 1 saturated carbocycles. The Morgan fingerprint density at radius 2 is 1.97 bits per heavy atom. The maximum Gasteiger partial charge on any atom is 0.261 e. The Morgan fingerprint density at radius 3 is 2.45 bits per heavy atom. The fraction of sp³-hybridized carbons (Fsp3) is 0.538. The Morgan fingerprint density at radius 1 is 1.36 bits per heavy atom. The monoisotopic (exact) mass is 615 g/mol. The Labute approximate surface area is 228 Å². The molecule has 0 unspecified atom stereocenters. The molecule has 1 aliphatic rings. The summed E-state index contributed by atoms with van der Waals surface area (Å²) >= 11 is 0. The second-order valence-electron chi connectivity index (χ2n) is 7.28. The van der Waals surface area contributed by atoms with Gasteiger partial charge in [-0.3, -0.25) is 4.79 Å². The molecule has 0 spiro atoms. The molecule has 4 nitrogen and oxygen atoms in total.